The van der Waals surface area contributed by atoms with Crippen LogP contribution in [0.2, 0.25) is 0 Å². The fourth-order valence-corrected chi connectivity index (χ4v) is 2.17. The van der Waals surface area contributed by atoms with Crippen molar-refractivity contribution in [2.24, 2.45) is 0 Å². The Bertz CT molecular complexity index is 437. The van der Waals surface area contributed by atoms with Gasteiger partial charge in [0.1, 0.15) is 12.1 Å². The first-order valence-electron chi connectivity index (χ1n) is 6.56. The average molecular weight is 302 g/mol. The van der Waals surface area contributed by atoms with Crippen molar-refractivity contribution < 1.29 is 34.5 Å². The first-order valence-corrected chi connectivity index (χ1v) is 6.56. The lowest BCUT2D eigenvalue weighted by Gasteiger charge is -2.32. The molecule has 0 aliphatic carbocycles. The van der Waals surface area contributed by atoms with Crippen molar-refractivity contribution in [3.05, 3.63) is 0 Å². The van der Waals surface area contributed by atoms with Crippen molar-refractivity contribution in [2.75, 3.05) is 13.2 Å². The minimum absolute atomic E-state index is 0.140. The highest BCUT2D eigenvalue weighted by Crippen LogP contribution is 2.17. The van der Waals surface area contributed by atoms with Gasteiger partial charge in [0.2, 0.25) is 0 Å². The minimum Gasteiger partial charge on any atom is -0.480 e. The van der Waals surface area contributed by atoms with E-state index in [1.165, 1.54) is 0 Å². The predicted octanol–water partition coefficient (Wildman–Crippen LogP) is -1.60. The number of aliphatic hydroxyl groups excluding tert-OH is 1. The molecular formula is C12H18N2O7. The number of nitrogens with zero attached hydrogens (tertiary/aromatic N) is 1. The zero-order valence-corrected chi connectivity index (χ0v) is 11.3. The summed E-state index contributed by atoms with van der Waals surface area (Å²) in [6, 6.07) is -2.46. The first kappa shape index (κ1) is 16.9. The van der Waals surface area contributed by atoms with Gasteiger partial charge in [-0.05, 0) is 19.3 Å². The quantitative estimate of drug-likeness (QED) is 0.448. The van der Waals surface area contributed by atoms with E-state index in [0.717, 1.165) is 4.90 Å². The Morgan fingerprint density at radius 2 is 1.86 bits per heavy atom. The summed E-state index contributed by atoms with van der Waals surface area (Å²) in [5, 5.41) is 28.6. The van der Waals surface area contributed by atoms with Gasteiger partial charge in [0.15, 0.2) is 0 Å². The van der Waals surface area contributed by atoms with E-state index in [1.807, 2.05) is 5.32 Å². The number of amides is 2. The summed E-state index contributed by atoms with van der Waals surface area (Å²) < 4.78 is 0. The van der Waals surface area contributed by atoms with Crippen molar-refractivity contribution in [2.45, 2.75) is 37.8 Å². The minimum atomic E-state index is -1.39. The van der Waals surface area contributed by atoms with Crippen molar-refractivity contribution in [3.63, 3.8) is 0 Å². The highest BCUT2D eigenvalue weighted by Gasteiger charge is 2.36. The van der Waals surface area contributed by atoms with Gasteiger partial charge in [0.25, 0.3) is 0 Å². The molecule has 9 heteroatoms. The third-order valence-corrected chi connectivity index (χ3v) is 3.26. The maximum atomic E-state index is 12.0. The van der Waals surface area contributed by atoms with Crippen LogP contribution < -0.4 is 5.32 Å². The molecule has 2 atom stereocenters. The summed E-state index contributed by atoms with van der Waals surface area (Å²) in [6.45, 7) is -0.326. The van der Waals surface area contributed by atoms with Gasteiger partial charge in [-0.2, -0.15) is 0 Å². The summed E-state index contributed by atoms with van der Waals surface area (Å²) in [4.78, 5) is 46.6. The maximum absolute atomic E-state index is 12.0. The van der Waals surface area contributed by atoms with Crippen LogP contribution in [0.25, 0.3) is 0 Å². The molecule has 0 aromatic rings. The third-order valence-electron chi connectivity index (χ3n) is 3.26. The standard InChI is InChI=1S/C12H18N2O7/c15-6-4-7(11(18)19)13-9(16)10(17)14-5-2-1-3-8(14)12(20)21/h7-8,15H,1-6H2,(H,13,16)(H,18,19)(H,20,21)/t7?,8-/m0/s1. The summed E-state index contributed by atoms with van der Waals surface area (Å²) >= 11 is 0. The van der Waals surface area contributed by atoms with Crippen LogP contribution in [0.3, 0.4) is 0 Å². The van der Waals surface area contributed by atoms with Crippen LogP contribution in [0.5, 0.6) is 0 Å². The normalized spacial score (nSPS) is 19.7. The molecule has 2 amide bonds. The smallest absolute Gasteiger partial charge is 0.326 e. The molecule has 0 spiro atoms. The molecule has 0 bridgehead atoms. The molecule has 0 saturated carbocycles. The lowest BCUT2D eigenvalue weighted by atomic mass is 10.0. The Hall–Kier alpha value is -2.16. The largest absolute Gasteiger partial charge is 0.480 e. The highest BCUT2D eigenvalue weighted by atomic mass is 16.4. The number of aliphatic carboxylic acids is 2. The van der Waals surface area contributed by atoms with E-state index in [9.17, 15) is 19.2 Å². The van der Waals surface area contributed by atoms with Crippen molar-refractivity contribution in [1.82, 2.24) is 10.2 Å². The van der Waals surface area contributed by atoms with Crippen molar-refractivity contribution >= 4 is 23.8 Å². The molecule has 118 valence electrons. The Morgan fingerprint density at radius 1 is 1.19 bits per heavy atom. The van der Waals surface area contributed by atoms with Crippen LogP contribution in [0.1, 0.15) is 25.7 Å². The van der Waals surface area contributed by atoms with Gasteiger partial charge in [0, 0.05) is 19.6 Å². The Labute approximate surface area is 120 Å². The van der Waals surface area contributed by atoms with Crippen LogP contribution in [-0.2, 0) is 19.2 Å². The molecule has 1 heterocycles. The molecule has 1 rings (SSSR count). The van der Waals surface area contributed by atoms with Crippen molar-refractivity contribution in [1.29, 1.82) is 0 Å². The SMILES string of the molecule is O=C(NC(CCO)C(=O)O)C(=O)N1CCCC[C@H]1C(=O)O. The Kier molecular flexibility index (Phi) is 6.10. The maximum Gasteiger partial charge on any atom is 0.326 e. The van der Waals surface area contributed by atoms with Crippen LogP contribution in [0.4, 0.5) is 0 Å². The fourth-order valence-electron chi connectivity index (χ4n) is 2.17. The van der Waals surface area contributed by atoms with Crippen LogP contribution in [0, 0.1) is 0 Å². The van der Waals surface area contributed by atoms with Gasteiger partial charge < -0.3 is 25.5 Å². The monoisotopic (exact) mass is 302 g/mol. The third kappa shape index (κ3) is 4.42. The van der Waals surface area contributed by atoms with Crippen LogP contribution in [-0.4, -0.2) is 69.2 Å². The molecule has 4 N–H and O–H groups in total. The zero-order valence-electron chi connectivity index (χ0n) is 11.3. The second kappa shape index (κ2) is 7.58. The second-order valence-corrected chi connectivity index (χ2v) is 4.72. The van der Waals surface area contributed by atoms with Gasteiger partial charge in [-0.1, -0.05) is 0 Å². The molecule has 0 aromatic heterocycles. The van der Waals surface area contributed by atoms with Gasteiger partial charge in [-0.3, -0.25) is 9.59 Å². The highest BCUT2D eigenvalue weighted by molar-refractivity contribution is 6.35. The lowest BCUT2D eigenvalue weighted by molar-refractivity contribution is -0.157. The van der Waals surface area contributed by atoms with E-state index in [-0.39, 0.29) is 19.4 Å². The Morgan fingerprint density at radius 3 is 2.38 bits per heavy atom. The van der Waals surface area contributed by atoms with Gasteiger partial charge in [-0.15, -0.1) is 0 Å². The molecule has 9 nitrogen and oxygen atoms in total. The molecular weight excluding hydrogens is 284 g/mol. The van der Waals surface area contributed by atoms with E-state index in [0.29, 0.717) is 12.8 Å². The topological polar surface area (TPSA) is 144 Å². The zero-order chi connectivity index (χ0) is 16.0. The number of carbonyl (C=O) groups excluding carboxylic acids is 2. The number of carboxylic acids is 2. The van der Waals surface area contributed by atoms with E-state index >= 15 is 0 Å². The van der Waals surface area contributed by atoms with Gasteiger partial charge in [0.05, 0.1) is 0 Å². The second-order valence-electron chi connectivity index (χ2n) is 4.72. The first-order chi connectivity index (χ1) is 9.88. The number of hydrogen-bond donors (Lipinski definition) is 4. The lowest BCUT2D eigenvalue weighted by Crippen LogP contribution is -2.55. The number of carboxylic acid groups (broad SMARTS) is 2. The van der Waals surface area contributed by atoms with Crippen LogP contribution in [0.15, 0.2) is 0 Å². The van der Waals surface area contributed by atoms with E-state index in [1.54, 1.807) is 0 Å². The van der Waals surface area contributed by atoms with Gasteiger partial charge in [-0.25, -0.2) is 9.59 Å². The number of hydrogen-bond acceptors (Lipinski definition) is 5. The predicted molar refractivity (Wildman–Crippen MR) is 68.3 cm³/mol. The van der Waals surface area contributed by atoms with E-state index < -0.39 is 42.4 Å². The Balaban J connectivity index is 2.73. The van der Waals surface area contributed by atoms with Crippen LogP contribution >= 0.6 is 0 Å². The van der Waals surface area contributed by atoms with E-state index in [4.69, 9.17) is 15.3 Å². The summed E-state index contributed by atoms with van der Waals surface area (Å²) in [5.41, 5.74) is 0. The molecule has 1 unspecified atom stereocenters. The molecule has 1 fully saturated rings. The molecule has 0 radical (unpaired) electrons. The summed E-state index contributed by atoms with van der Waals surface area (Å²) in [5.74, 6) is -4.81. The number of nitrogens with one attached hydrogen (secondary N) is 1. The van der Waals surface area contributed by atoms with E-state index in [2.05, 4.69) is 0 Å². The van der Waals surface area contributed by atoms with Crippen molar-refractivity contribution in [3.8, 4) is 0 Å². The summed E-state index contributed by atoms with van der Waals surface area (Å²) in [6.07, 6.45) is 1.25. The number of rotatable bonds is 5. The molecule has 0 aromatic carbocycles. The summed E-state index contributed by atoms with van der Waals surface area (Å²) in [7, 11) is 0. The number of piperidine rings is 1. The number of aliphatic hydroxyl groups is 1. The fraction of sp³-hybridized carbons (Fsp3) is 0.667. The number of carbonyl (C=O) groups is 4. The van der Waals surface area contributed by atoms with Gasteiger partial charge >= 0.3 is 23.8 Å². The average Bonchev–Trinajstić information content (AvgIpc) is 2.45. The molecule has 21 heavy (non-hydrogen) atoms. The molecule has 1 aliphatic heterocycles. The molecule has 1 aliphatic rings. The molecule has 1 saturated heterocycles. The number of likely N-dealkylation sites (tertiary alicyclic amines) is 1.